The molecule has 3 rings (SSSR count). The third kappa shape index (κ3) is 1.16. The summed E-state index contributed by atoms with van der Waals surface area (Å²) in [5.74, 6) is -0.143. The second-order valence-corrected chi connectivity index (χ2v) is 4.64. The van der Waals surface area contributed by atoms with Gasteiger partial charge in [0.1, 0.15) is 11.5 Å². The van der Waals surface area contributed by atoms with E-state index in [9.17, 15) is 9.18 Å². The van der Waals surface area contributed by atoms with Gasteiger partial charge >= 0.3 is 0 Å². The summed E-state index contributed by atoms with van der Waals surface area (Å²) in [5, 5.41) is 3.27. The largest absolute Gasteiger partial charge is 0.362 e. The SMILES string of the molecule is C[C@@]12CCC(=O)N1Cc1c(F)cccc1N2. The van der Waals surface area contributed by atoms with Crippen LogP contribution >= 0.6 is 0 Å². The summed E-state index contributed by atoms with van der Waals surface area (Å²) in [5.41, 5.74) is 1.07. The van der Waals surface area contributed by atoms with Crippen LogP contribution in [-0.2, 0) is 11.3 Å². The van der Waals surface area contributed by atoms with Crippen molar-refractivity contribution in [2.45, 2.75) is 32.0 Å². The normalized spacial score (nSPS) is 27.4. The lowest BCUT2D eigenvalue weighted by Crippen LogP contribution is -2.51. The lowest BCUT2D eigenvalue weighted by molar-refractivity contribution is -0.131. The number of benzene rings is 1. The van der Waals surface area contributed by atoms with E-state index in [4.69, 9.17) is 0 Å². The van der Waals surface area contributed by atoms with Crippen molar-refractivity contribution in [1.82, 2.24) is 4.90 Å². The Hall–Kier alpha value is -1.58. The van der Waals surface area contributed by atoms with Gasteiger partial charge in [-0.15, -0.1) is 0 Å². The van der Waals surface area contributed by atoms with E-state index in [-0.39, 0.29) is 17.4 Å². The van der Waals surface area contributed by atoms with Crippen LogP contribution < -0.4 is 5.32 Å². The van der Waals surface area contributed by atoms with Crippen LogP contribution in [0.1, 0.15) is 25.3 Å². The standard InChI is InChI=1S/C12H13FN2O/c1-12-6-5-11(16)15(12)7-8-9(13)3-2-4-10(8)14-12/h2-4,14H,5-7H2,1H3/t12-/m0/s1. The molecule has 84 valence electrons. The van der Waals surface area contributed by atoms with Crippen molar-refractivity contribution >= 4 is 11.6 Å². The van der Waals surface area contributed by atoms with Gasteiger partial charge in [-0.2, -0.15) is 0 Å². The van der Waals surface area contributed by atoms with Crippen molar-refractivity contribution in [3.05, 3.63) is 29.6 Å². The second kappa shape index (κ2) is 2.97. The minimum Gasteiger partial charge on any atom is -0.362 e. The average Bonchev–Trinajstić information content (AvgIpc) is 2.53. The fourth-order valence-electron chi connectivity index (χ4n) is 2.57. The van der Waals surface area contributed by atoms with E-state index in [0.29, 0.717) is 18.5 Å². The highest BCUT2D eigenvalue weighted by molar-refractivity contribution is 5.81. The lowest BCUT2D eigenvalue weighted by Gasteiger charge is -2.42. The van der Waals surface area contributed by atoms with Crippen molar-refractivity contribution in [3.8, 4) is 0 Å². The molecule has 16 heavy (non-hydrogen) atoms. The van der Waals surface area contributed by atoms with Gasteiger partial charge in [-0.05, 0) is 25.5 Å². The Balaban J connectivity index is 2.09. The van der Waals surface area contributed by atoms with Crippen LogP contribution in [0.4, 0.5) is 10.1 Å². The number of fused-ring (bicyclic) bond motifs is 2. The monoisotopic (exact) mass is 220 g/mol. The molecule has 1 aromatic rings. The first-order chi connectivity index (χ1) is 7.60. The first kappa shape index (κ1) is 9.63. The van der Waals surface area contributed by atoms with Crippen LogP contribution in [0.5, 0.6) is 0 Å². The minimum atomic E-state index is -0.335. The Bertz CT molecular complexity index is 474. The van der Waals surface area contributed by atoms with Gasteiger partial charge in [0, 0.05) is 17.7 Å². The van der Waals surface area contributed by atoms with E-state index in [0.717, 1.165) is 12.1 Å². The van der Waals surface area contributed by atoms with E-state index in [2.05, 4.69) is 5.32 Å². The van der Waals surface area contributed by atoms with Gasteiger partial charge in [0.25, 0.3) is 0 Å². The second-order valence-electron chi connectivity index (χ2n) is 4.64. The van der Waals surface area contributed by atoms with E-state index < -0.39 is 0 Å². The Morgan fingerprint density at radius 1 is 1.50 bits per heavy atom. The molecule has 3 nitrogen and oxygen atoms in total. The predicted molar refractivity (Wildman–Crippen MR) is 58.2 cm³/mol. The van der Waals surface area contributed by atoms with E-state index >= 15 is 0 Å². The van der Waals surface area contributed by atoms with E-state index in [1.54, 1.807) is 11.0 Å². The molecule has 1 amide bonds. The summed E-state index contributed by atoms with van der Waals surface area (Å²) in [4.78, 5) is 13.4. The Morgan fingerprint density at radius 3 is 3.12 bits per heavy atom. The fourth-order valence-corrected chi connectivity index (χ4v) is 2.57. The summed E-state index contributed by atoms with van der Waals surface area (Å²) in [6.07, 6.45) is 1.32. The Morgan fingerprint density at radius 2 is 2.31 bits per heavy atom. The summed E-state index contributed by atoms with van der Waals surface area (Å²) < 4.78 is 13.6. The lowest BCUT2D eigenvalue weighted by atomic mass is 10.0. The van der Waals surface area contributed by atoms with Crippen molar-refractivity contribution < 1.29 is 9.18 Å². The first-order valence-corrected chi connectivity index (χ1v) is 5.46. The Kier molecular flexibility index (Phi) is 1.79. The Labute approximate surface area is 93.2 Å². The van der Waals surface area contributed by atoms with Gasteiger partial charge in [0.05, 0.1) is 6.54 Å². The third-order valence-corrected chi connectivity index (χ3v) is 3.56. The molecule has 0 radical (unpaired) electrons. The number of carbonyl (C=O) groups is 1. The number of nitrogens with one attached hydrogen (secondary N) is 1. The molecule has 1 saturated heterocycles. The van der Waals surface area contributed by atoms with Gasteiger partial charge in [0.15, 0.2) is 0 Å². The zero-order valence-corrected chi connectivity index (χ0v) is 9.09. The quantitative estimate of drug-likeness (QED) is 0.726. The molecule has 0 bridgehead atoms. The molecule has 1 N–H and O–H groups in total. The molecular formula is C12H13FN2O. The molecule has 0 saturated carbocycles. The molecule has 1 aromatic carbocycles. The van der Waals surface area contributed by atoms with Crippen LogP contribution in [0.15, 0.2) is 18.2 Å². The maximum atomic E-state index is 13.6. The number of amides is 1. The zero-order chi connectivity index (χ0) is 11.3. The van der Waals surface area contributed by atoms with Crippen LogP contribution in [0.25, 0.3) is 0 Å². The summed E-state index contributed by atoms with van der Waals surface area (Å²) in [7, 11) is 0. The highest BCUT2D eigenvalue weighted by atomic mass is 19.1. The van der Waals surface area contributed by atoms with Crippen molar-refractivity contribution in [2.75, 3.05) is 5.32 Å². The highest BCUT2D eigenvalue weighted by Crippen LogP contribution is 2.39. The number of hydrogen-bond acceptors (Lipinski definition) is 2. The molecule has 0 aliphatic carbocycles. The van der Waals surface area contributed by atoms with Crippen molar-refractivity contribution in [1.29, 1.82) is 0 Å². The molecule has 0 unspecified atom stereocenters. The van der Waals surface area contributed by atoms with Crippen LogP contribution in [0.2, 0.25) is 0 Å². The van der Waals surface area contributed by atoms with Gasteiger partial charge in [-0.3, -0.25) is 4.79 Å². The molecule has 2 aliphatic heterocycles. The van der Waals surface area contributed by atoms with Gasteiger partial charge < -0.3 is 10.2 Å². The summed E-state index contributed by atoms with van der Waals surface area (Å²) in [6, 6.07) is 4.99. The van der Waals surface area contributed by atoms with Crippen molar-refractivity contribution in [2.24, 2.45) is 0 Å². The minimum absolute atomic E-state index is 0.101. The molecule has 0 aromatic heterocycles. The summed E-state index contributed by atoms with van der Waals surface area (Å²) in [6.45, 7) is 2.37. The zero-order valence-electron chi connectivity index (χ0n) is 9.09. The molecule has 1 atom stereocenters. The molecule has 0 spiro atoms. The van der Waals surface area contributed by atoms with E-state index in [1.165, 1.54) is 6.07 Å². The molecule has 4 heteroatoms. The van der Waals surface area contributed by atoms with Crippen LogP contribution in [0.3, 0.4) is 0 Å². The van der Waals surface area contributed by atoms with Crippen molar-refractivity contribution in [3.63, 3.8) is 0 Å². The summed E-state index contributed by atoms with van der Waals surface area (Å²) >= 11 is 0. The van der Waals surface area contributed by atoms with E-state index in [1.807, 2.05) is 13.0 Å². The van der Waals surface area contributed by atoms with Gasteiger partial charge in [0.2, 0.25) is 5.91 Å². The van der Waals surface area contributed by atoms with Crippen LogP contribution in [-0.4, -0.2) is 16.5 Å². The fraction of sp³-hybridized carbons (Fsp3) is 0.417. The number of halogens is 1. The third-order valence-electron chi connectivity index (χ3n) is 3.56. The first-order valence-electron chi connectivity index (χ1n) is 5.46. The number of carbonyl (C=O) groups excluding carboxylic acids is 1. The molecule has 2 aliphatic rings. The number of hydrogen-bond donors (Lipinski definition) is 1. The molecular weight excluding hydrogens is 207 g/mol. The average molecular weight is 220 g/mol. The smallest absolute Gasteiger partial charge is 0.224 e. The van der Waals surface area contributed by atoms with Crippen LogP contribution in [0, 0.1) is 5.82 Å². The highest BCUT2D eigenvalue weighted by Gasteiger charge is 2.44. The molecule has 1 fully saturated rings. The maximum absolute atomic E-state index is 13.6. The topological polar surface area (TPSA) is 32.3 Å². The number of anilines is 1. The molecule has 2 heterocycles. The van der Waals surface area contributed by atoms with Gasteiger partial charge in [-0.1, -0.05) is 6.07 Å². The number of nitrogens with zero attached hydrogens (tertiary/aromatic N) is 1. The maximum Gasteiger partial charge on any atom is 0.224 e. The number of rotatable bonds is 0. The van der Waals surface area contributed by atoms with Gasteiger partial charge in [-0.25, -0.2) is 4.39 Å². The predicted octanol–water partition coefficient (Wildman–Crippen LogP) is 2.09.